The molecule has 0 radical (unpaired) electrons. The predicted molar refractivity (Wildman–Crippen MR) is 86.7 cm³/mol. The van der Waals surface area contributed by atoms with Crippen LogP contribution in [-0.2, 0) is 0 Å². The lowest BCUT2D eigenvalue weighted by Gasteiger charge is -2.26. The number of hydrogen-bond donors (Lipinski definition) is 1. The SMILES string of the molecule is CCN(CC)c1c(NCCCC(C)(C)C)c(=S)c1=O. The summed E-state index contributed by atoms with van der Waals surface area (Å²) in [4.78, 5) is 13.9. The fraction of sp³-hybridized carbons (Fsp3) is 0.733. The van der Waals surface area contributed by atoms with Gasteiger partial charge in [-0.15, -0.1) is 0 Å². The van der Waals surface area contributed by atoms with Crippen LogP contribution in [0.3, 0.4) is 0 Å². The summed E-state index contributed by atoms with van der Waals surface area (Å²) in [6, 6.07) is 0. The molecule has 0 amide bonds. The maximum absolute atomic E-state index is 11.8. The summed E-state index contributed by atoms with van der Waals surface area (Å²) in [5, 5.41) is 3.35. The highest BCUT2D eigenvalue weighted by Gasteiger charge is 2.21. The Labute approximate surface area is 121 Å². The molecule has 0 aromatic heterocycles. The number of rotatable bonds is 7. The molecule has 1 aromatic rings. The second-order valence-corrected chi connectivity index (χ2v) is 6.55. The molecule has 0 bridgehead atoms. The van der Waals surface area contributed by atoms with Crippen LogP contribution >= 0.6 is 12.2 Å². The van der Waals surface area contributed by atoms with Crippen molar-refractivity contribution < 1.29 is 0 Å². The molecule has 0 aliphatic carbocycles. The van der Waals surface area contributed by atoms with Crippen LogP contribution in [0, 0.1) is 9.93 Å². The van der Waals surface area contributed by atoms with Crippen LogP contribution in [-0.4, -0.2) is 19.6 Å². The molecule has 3 nitrogen and oxygen atoms in total. The zero-order valence-corrected chi connectivity index (χ0v) is 13.6. The molecule has 19 heavy (non-hydrogen) atoms. The Kier molecular flexibility index (Phi) is 5.53. The Morgan fingerprint density at radius 2 is 1.79 bits per heavy atom. The summed E-state index contributed by atoms with van der Waals surface area (Å²) in [6.45, 7) is 13.4. The van der Waals surface area contributed by atoms with Crippen LogP contribution in [0.15, 0.2) is 4.79 Å². The zero-order chi connectivity index (χ0) is 14.6. The van der Waals surface area contributed by atoms with Gasteiger partial charge in [0.2, 0.25) is 5.43 Å². The third-order valence-corrected chi connectivity index (χ3v) is 3.76. The van der Waals surface area contributed by atoms with E-state index in [9.17, 15) is 4.79 Å². The van der Waals surface area contributed by atoms with Crippen LogP contribution in [0.2, 0.25) is 0 Å². The average Bonchev–Trinajstić information content (AvgIpc) is 2.35. The molecule has 0 fully saturated rings. The van der Waals surface area contributed by atoms with E-state index in [2.05, 4.69) is 44.8 Å². The zero-order valence-electron chi connectivity index (χ0n) is 12.8. The topological polar surface area (TPSA) is 32.3 Å². The number of hydrogen-bond acceptors (Lipinski definition) is 4. The second-order valence-electron chi connectivity index (χ2n) is 6.15. The first kappa shape index (κ1) is 16.2. The van der Waals surface area contributed by atoms with E-state index in [1.165, 1.54) is 0 Å². The molecule has 0 saturated heterocycles. The minimum Gasteiger partial charge on any atom is -0.382 e. The van der Waals surface area contributed by atoms with E-state index in [1.807, 2.05) is 0 Å². The van der Waals surface area contributed by atoms with Crippen molar-refractivity contribution in [1.29, 1.82) is 0 Å². The maximum atomic E-state index is 11.8. The fourth-order valence-electron chi connectivity index (χ4n) is 2.22. The largest absolute Gasteiger partial charge is 0.382 e. The summed E-state index contributed by atoms with van der Waals surface area (Å²) in [7, 11) is 0. The van der Waals surface area contributed by atoms with Gasteiger partial charge in [0.25, 0.3) is 0 Å². The number of nitrogens with one attached hydrogen (secondary N) is 1. The Morgan fingerprint density at radius 3 is 2.26 bits per heavy atom. The van der Waals surface area contributed by atoms with Gasteiger partial charge in [0.15, 0.2) is 0 Å². The van der Waals surface area contributed by atoms with Crippen molar-refractivity contribution in [2.24, 2.45) is 5.41 Å². The van der Waals surface area contributed by atoms with Gasteiger partial charge in [0.05, 0.1) is 5.69 Å². The summed E-state index contributed by atoms with van der Waals surface area (Å²) in [6.07, 6.45) is 2.25. The Morgan fingerprint density at radius 1 is 1.21 bits per heavy atom. The van der Waals surface area contributed by atoms with Gasteiger partial charge < -0.3 is 10.2 Å². The Balaban J connectivity index is 2.62. The van der Waals surface area contributed by atoms with E-state index >= 15 is 0 Å². The molecule has 0 atom stereocenters. The molecular weight excluding hydrogens is 256 g/mol. The molecular formula is C15H26N2OS. The molecule has 0 unspecified atom stereocenters. The minimum atomic E-state index is 0.0250. The van der Waals surface area contributed by atoms with Gasteiger partial charge in [-0.25, -0.2) is 0 Å². The molecule has 1 aromatic carbocycles. The van der Waals surface area contributed by atoms with Gasteiger partial charge in [0, 0.05) is 19.6 Å². The third kappa shape index (κ3) is 4.03. The van der Waals surface area contributed by atoms with Crippen molar-refractivity contribution in [3.05, 3.63) is 14.7 Å². The van der Waals surface area contributed by atoms with Crippen molar-refractivity contribution >= 4 is 23.6 Å². The lowest BCUT2D eigenvalue weighted by atomic mass is 9.90. The minimum absolute atomic E-state index is 0.0250. The van der Waals surface area contributed by atoms with Gasteiger partial charge in [0.1, 0.15) is 10.2 Å². The first-order chi connectivity index (χ1) is 8.81. The molecule has 1 N–H and O–H groups in total. The fourth-order valence-corrected chi connectivity index (χ4v) is 2.48. The lowest BCUT2D eigenvalue weighted by molar-refractivity contribution is 0.370. The van der Waals surface area contributed by atoms with E-state index in [4.69, 9.17) is 12.2 Å². The first-order valence-corrected chi connectivity index (χ1v) is 7.54. The van der Waals surface area contributed by atoms with Crippen molar-refractivity contribution in [3.8, 4) is 0 Å². The predicted octanol–water partition coefficient (Wildman–Crippen LogP) is 3.74. The van der Waals surface area contributed by atoms with Crippen LogP contribution in [0.4, 0.5) is 11.4 Å². The van der Waals surface area contributed by atoms with Crippen molar-refractivity contribution in [2.45, 2.75) is 47.5 Å². The normalized spacial score (nSPS) is 11.8. The molecule has 1 rings (SSSR count). The molecule has 0 aliphatic rings. The monoisotopic (exact) mass is 282 g/mol. The Bertz CT molecular complexity index is 477. The Hall–Kier alpha value is -0.900. The average molecular weight is 282 g/mol. The summed E-state index contributed by atoms with van der Waals surface area (Å²) < 4.78 is 0.470. The van der Waals surface area contributed by atoms with E-state index < -0.39 is 0 Å². The molecule has 0 spiro atoms. The summed E-state index contributed by atoms with van der Waals surface area (Å²) >= 11 is 5.15. The van der Waals surface area contributed by atoms with E-state index in [0.29, 0.717) is 9.93 Å². The first-order valence-electron chi connectivity index (χ1n) is 7.14. The van der Waals surface area contributed by atoms with Gasteiger partial charge >= 0.3 is 0 Å². The van der Waals surface area contributed by atoms with E-state index in [-0.39, 0.29) is 5.43 Å². The number of nitrogens with zero attached hydrogens (tertiary/aromatic N) is 1. The van der Waals surface area contributed by atoms with Crippen LogP contribution in [0.1, 0.15) is 47.5 Å². The summed E-state index contributed by atoms with van der Waals surface area (Å²) in [5.74, 6) is 0. The van der Waals surface area contributed by atoms with E-state index in [1.54, 1.807) is 0 Å². The number of anilines is 2. The van der Waals surface area contributed by atoms with Crippen molar-refractivity contribution in [2.75, 3.05) is 29.9 Å². The van der Waals surface area contributed by atoms with Crippen molar-refractivity contribution in [3.63, 3.8) is 0 Å². The molecule has 0 heterocycles. The highest BCUT2D eigenvalue weighted by atomic mass is 32.1. The van der Waals surface area contributed by atoms with Crippen LogP contribution < -0.4 is 15.6 Å². The second kappa shape index (κ2) is 6.51. The summed E-state index contributed by atoms with van der Waals surface area (Å²) in [5.41, 5.74) is 2.05. The van der Waals surface area contributed by atoms with Gasteiger partial charge in [-0.1, -0.05) is 33.0 Å². The van der Waals surface area contributed by atoms with Crippen LogP contribution in [0.25, 0.3) is 0 Å². The molecule has 4 heteroatoms. The standard InChI is InChI=1S/C15H26N2OS/c1-6-17(7-2)12-11(14(19)13(12)18)16-10-8-9-15(3,4)5/h16H,6-10H2,1-5H3. The maximum Gasteiger partial charge on any atom is 0.224 e. The van der Waals surface area contributed by atoms with Gasteiger partial charge in [-0.3, -0.25) is 4.79 Å². The smallest absolute Gasteiger partial charge is 0.224 e. The molecule has 108 valence electrons. The lowest BCUT2D eigenvalue weighted by Crippen LogP contribution is -2.32. The third-order valence-electron chi connectivity index (χ3n) is 3.37. The van der Waals surface area contributed by atoms with E-state index in [0.717, 1.165) is 43.9 Å². The molecule has 0 aliphatic heterocycles. The molecule has 0 saturated carbocycles. The van der Waals surface area contributed by atoms with Crippen LogP contribution in [0.5, 0.6) is 0 Å². The highest BCUT2D eigenvalue weighted by Crippen LogP contribution is 2.27. The highest BCUT2D eigenvalue weighted by molar-refractivity contribution is 7.71. The van der Waals surface area contributed by atoms with Gasteiger partial charge in [-0.2, -0.15) is 0 Å². The van der Waals surface area contributed by atoms with Crippen molar-refractivity contribution in [1.82, 2.24) is 0 Å². The van der Waals surface area contributed by atoms with Gasteiger partial charge in [-0.05, 0) is 32.1 Å². The quantitative estimate of drug-likeness (QED) is 0.610.